The summed E-state index contributed by atoms with van der Waals surface area (Å²) in [7, 11) is 3.05. The van der Waals surface area contributed by atoms with Gasteiger partial charge in [0.05, 0.1) is 20.0 Å². The van der Waals surface area contributed by atoms with Crippen molar-refractivity contribution in [1.29, 1.82) is 0 Å². The Morgan fingerprint density at radius 2 is 1.81 bits per heavy atom. The SMILES string of the molecule is COc1ccc(C(=O)CSc2nnc3[nH]c(=O)c(-c4ccc(C)cc4)nn23)cc1OC. The zero-order valence-electron chi connectivity index (χ0n) is 17.1. The molecule has 0 unspecified atom stereocenters. The van der Waals surface area contributed by atoms with Gasteiger partial charge in [-0.1, -0.05) is 41.6 Å². The predicted octanol–water partition coefficient (Wildman–Crippen LogP) is 2.78. The number of benzene rings is 2. The summed E-state index contributed by atoms with van der Waals surface area (Å²) in [6.45, 7) is 1.97. The second-order valence-electron chi connectivity index (χ2n) is 6.67. The molecule has 0 saturated carbocycles. The Morgan fingerprint density at radius 3 is 2.52 bits per heavy atom. The van der Waals surface area contributed by atoms with E-state index in [1.54, 1.807) is 18.2 Å². The molecule has 0 bridgehead atoms. The number of methoxy groups -OCH3 is 2. The van der Waals surface area contributed by atoms with E-state index in [2.05, 4.69) is 20.3 Å². The monoisotopic (exact) mass is 437 g/mol. The number of thioether (sulfide) groups is 1. The second kappa shape index (κ2) is 8.60. The molecule has 1 N–H and O–H groups in total. The lowest BCUT2D eigenvalue weighted by atomic mass is 10.1. The van der Waals surface area contributed by atoms with Gasteiger partial charge in [0.1, 0.15) is 0 Å². The van der Waals surface area contributed by atoms with Gasteiger partial charge in [-0.25, -0.2) is 0 Å². The van der Waals surface area contributed by atoms with Crippen molar-refractivity contribution in [3.05, 3.63) is 63.9 Å². The zero-order chi connectivity index (χ0) is 22.0. The van der Waals surface area contributed by atoms with E-state index in [-0.39, 0.29) is 28.6 Å². The Hall–Kier alpha value is -3.66. The van der Waals surface area contributed by atoms with E-state index in [4.69, 9.17) is 9.47 Å². The first kappa shape index (κ1) is 20.6. The molecule has 0 saturated heterocycles. The molecule has 4 aromatic rings. The summed E-state index contributed by atoms with van der Waals surface area (Å²) in [6.07, 6.45) is 0. The number of aromatic amines is 1. The van der Waals surface area contributed by atoms with Gasteiger partial charge in [0.15, 0.2) is 23.0 Å². The molecular formula is C21H19N5O4S. The first-order valence-electron chi connectivity index (χ1n) is 9.31. The van der Waals surface area contributed by atoms with Crippen molar-refractivity contribution >= 4 is 23.3 Å². The van der Waals surface area contributed by atoms with Crippen LogP contribution in [0.2, 0.25) is 0 Å². The molecule has 0 spiro atoms. The average molecular weight is 437 g/mol. The first-order chi connectivity index (χ1) is 15.0. The highest BCUT2D eigenvalue weighted by Crippen LogP contribution is 2.28. The number of fused-ring (bicyclic) bond motifs is 1. The molecule has 0 fully saturated rings. The maximum atomic E-state index is 12.7. The molecule has 2 aromatic heterocycles. The number of nitrogens with one attached hydrogen (secondary N) is 1. The number of H-pyrrole nitrogens is 1. The second-order valence-corrected chi connectivity index (χ2v) is 7.61. The van der Waals surface area contributed by atoms with E-state index in [0.717, 1.165) is 5.56 Å². The van der Waals surface area contributed by atoms with Crippen molar-refractivity contribution in [2.75, 3.05) is 20.0 Å². The van der Waals surface area contributed by atoms with Gasteiger partial charge < -0.3 is 9.47 Å². The van der Waals surface area contributed by atoms with Crippen LogP contribution in [-0.2, 0) is 0 Å². The third-order valence-electron chi connectivity index (χ3n) is 4.62. The fraction of sp³-hybridized carbons (Fsp3) is 0.190. The maximum absolute atomic E-state index is 12.7. The smallest absolute Gasteiger partial charge is 0.279 e. The van der Waals surface area contributed by atoms with E-state index in [1.807, 2.05) is 31.2 Å². The lowest BCUT2D eigenvalue weighted by Gasteiger charge is -2.08. The summed E-state index contributed by atoms with van der Waals surface area (Å²) in [6, 6.07) is 12.5. The number of hydrogen-bond acceptors (Lipinski definition) is 8. The fourth-order valence-corrected chi connectivity index (χ4v) is 3.73. The summed E-state index contributed by atoms with van der Waals surface area (Å²) in [5, 5.41) is 12.8. The molecule has 0 aliphatic heterocycles. The van der Waals surface area contributed by atoms with Gasteiger partial charge in [-0.3, -0.25) is 14.6 Å². The number of carbonyl (C=O) groups is 1. The Balaban J connectivity index is 1.59. The number of ketones is 1. The standard InChI is InChI=1S/C21H19N5O4S/c1-12-4-6-13(7-5-12)18-19(28)22-20-23-24-21(26(20)25-18)31-11-15(27)14-8-9-16(29-2)17(10-14)30-3/h4-10H,11H2,1-3H3,(H,22,23,28). The van der Waals surface area contributed by atoms with Crippen LogP contribution in [0.25, 0.3) is 17.0 Å². The molecule has 10 heteroatoms. The molecule has 9 nitrogen and oxygen atoms in total. The maximum Gasteiger partial charge on any atom is 0.279 e. The Labute approximate surface area is 181 Å². The fourth-order valence-electron chi connectivity index (χ4n) is 2.95. The number of hydrogen-bond donors (Lipinski definition) is 1. The Kier molecular flexibility index (Phi) is 5.72. The average Bonchev–Trinajstić information content (AvgIpc) is 3.18. The van der Waals surface area contributed by atoms with Gasteiger partial charge in [-0.05, 0) is 25.1 Å². The summed E-state index contributed by atoms with van der Waals surface area (Å²) in [4.78, 5) is 27.8. The van der Waals surface area contributed by atoms with E-state index in [9.17, 15) is 9.59 Å². The van der Waals surface area contributed by atoms with Crippen LogP contribution in [-0.4, -0.2) is 50.6 Å². The highest BCUT2D eigenvalue weighted by atomic mass is 32.2. The third kappa shape index (κ3) is 4.15. The number of Topliss-reactive ketones (excluding diaryl/α,β-unsaturated/α-hetero) is 1. The van der Waals surface area contributed by atoms with E-state index < -0.39 is 0 Å². The number of aryl methyl sites for hydroxylation is 1. The molecule has 31 heavy (non-hydrogen) atoms. The number of aromatic nitrogens is 5. The summed E-state index contributed by atoms with van der Waals surface area (Å²) >= 11 is 1.18. The minimum atomic E-state index is -0.360. The van der Waals surface area contributed by atoms with Crippen LogP contribution in [0.4, 0.5) is 0 Å². The molecule has 2 aromatic carbocycles. The van der Waals surface area contributed by atoms with E-state index in [1.165, 1.54) is 30.5 Å². The summed E-state index contributed by atoms with van der Waals surface area (Å²) in [5.41, 5.74) is 2.14. The lowest BCUT2D eigenvalue weighted by Crippen LogP contribution is -2.15. The number of ether oxygens (including phenoxy) is 2. The van der Waals surface area contributed by atoms with Crippen molar-refractivity contribution in [2.45, 2.75) is 12.1 Å². The quantitative estimate of drug-likeness (QED) is 0.347. The van der Waals surface area contributed by atoms with Crippen LogP contribution >= 0.6 is 11.8 Å². The lowest BCUT2D eigenvalue weighted by molar-refractivity contribution is 0.102. The molecule has 2 heterocycles. The van der Waals surface area contributed by atoms with Crippen molar-refractivity contribution in [2.24, 2.45) is 0 Å². The normalized spacial score (nSPS) is 10.9. The molecule has 4 rings (SSSR count). The largest absolute Gasteiger partial charge is 0.493 e. The Morgan fingerprint density at radius 1 is 1.06 bits per heavy atom. The molecule has 0 aliphatic carbocycles. The van der Waals surface area contributed by atoms with Crippen molar-refractivity contribution in [3.63, 3.8) is 0 Å². The molecule has 0 amide bonds. The molecule has 0 aliphatic rings. The highest BCUT2D eigenvalue weighted by molar-refractivity contribution is 7.99. The van der Waals surface area contributed by atoms with Gasteiger partial charge in [-0.2, -0.15) is 9.61 Å². The van der Waals surface area contributed by atoms with Crippen molar-refractivity contribution in [3.8, 4) is 22.8 Å². The van der Waals surface area contributed by atoms with Gasteiger partial charge in [-0.15, -0.1) is 10.2 Å². The van der Waals surface area contributed by atoms with Gasteiger partial charge in [0.25, 0.3) is 11.3 Å². The van der Waals surface area contributed by atoms with Crippen LogP contribution in [0.3, 0.4) is 0 Å². The van der Waals surface area contributed by atoms with Gasteiger partial charge >= 0.3 is 0 Å². The van der Waals surface area contributed by atoms with Crippen LogP contribution in [0.1, 0.15) is 15.9 Å². The number of carbonyl (C=O) groups excluding carboxylic acids is 1. The predicted molar refractivity (Wildman–Crippen MR) is 116 cm³/mol. The minimum Gasteiger partial charge on any atom is -0.493 e. The van der Waals surface area contributed by atoms with E-state index in [0.29, 0.717) is 27.8 Å². The molecule has 0 radical (unpaired) electrons. The zero-order valence-corrected chi connectivity index (χ0v) is 17.9. The first-order valence-corrected chi connectivity index (χ1v) is 10.3. The van der Waals surface area contributed by atoms with E-state index >= 15 is 0 Å². The third-order valence-corrected chi connectivity index (χ3v) is 5.53. The van der Waals surface area contributed by atoms with Crippen LogP contribution < -0.4 is 15.0 Å². The minimum absolute atomic E-state index is 0.108. The number of rotatable bonds is 7. The van der Waals surface area contributed by atoms with Crippen LogP contribution in [0.15, 0.2) is 52.4 Å². The summed E-state index contributed by atoms with van der Waals surface area (Å²) < 4.78 is 11.9. The van der Waals surface area contributed by atoms with Gasteiger partial charge in [0, 0.05) is 11.1 Å². The highest BCUT2D eigenvalue weighted by Gasteiger charge is 2.16. The number of nitrogens with zero attached hydrogens (tertiary/aromatic N) is 4. The van der Waals surface area contributed by atoms with Crippen LogP contribution in [0.5, 0.6) is 11.5 Å². The van der Waals surface area contributed by atoms with Crippen LogP contribution in [0, 0.1) is 6.92 Å². The van der Waals surface area contributed by atoms with Gasteiger partial charge in [0.2, 0.25) is 5.16 Å². The molecular weight excluding hydrogens is 418 g/mol. The van der Waals surface area contributed by atoms with Crippen molar-refractivity contribution in [1.82, 2.24) is 24.8 Å². The van der Waals surface area contributed by atoms with Crippen molar-refractivity contribution < 1.29 is 14.3 Å². The molecule has 158 valence electrons. The summed E-state index contributed by atoms with van der Waals surface area (Å²) in [5.74, 6) is 1.23. The molecule has 0 atom stereocenters. The Bertz CT molecular complexity index is 1310. The topological polar surface area (TPSA) is 111 Å².